The summed E-state index contributed by atoms with van der Waals surface area (Å²) in [4.78, 5) is 24.4. The molecule has 3 rings (SSSR count). The lowest BCUT2D eigenvalue weighted by molar-refractivity contribution is -0.137. The fraction of sp³-hybridized carbons (Fsp3) is 0.333. The highest BCUT2D eigenvalue weighted by molar-refractivity contribution is 6.07. The van der Waals surface area contributed by atoms with E-state index in [4.69, 9.17) is 5.73 Å². The molecule has 1 unspecified atom stereocenters. The smallest absolute Gasteiger partial charge is 0.236 e. The quantitative estimate of drug-likeness (QED) is 0.722. The molecule has 0 spiro atoms. The second-order valence-electron chi connectivity index (χ2n) is 6.03. The van der Waals surface area contributed by atoms with Crippen molar-refractivity contribution in [1.29, 1.82) is 0 Å². The first-order chi connectivity index (χ1) is 11.1. The van der Waals surface area contributed by atoms with E-state index in [-0.39, 0.29) is 36.8 Å². The monoisotopic (exact) mass is 347 g/mol. The largest absolute Gasteiger partial charge is 0.358 e. The van der Waals surface area contributed by atoms with Crippen LogP contribution >= 0.6 is 12.4 Å². The summed E-state index contributed by atoms with van der Waals surface area (Å²) in [5.74, 6) is -0.454. The summed E-state index contributed by atoms with van der Waals surface area (Å²) in [6.45, 7) is 0.286. The zero-order valence-corrected chi connectivity index (χ0v) is 14.4. The highest BCUT2D eigenvalue weighted by atomic mass is 35.5. The average molecular weight is 348 g/mol. The first-order valence-corrected chi connectivity index (χ1v) is 7.82. The van der Waals surface area contributed by atoms with Crippen LogP contribution in [0.3, 0.4) is 0 Å². The summed E-state index contributed by atoms with van der Waals surface area (Å²) >= 11 is 0. The standard InChI is InChI=1S/C18H21N3O2.ClH/c1-20-16(22)18(8-9-18)17(23)21-15(11-19)14-7-6-12-4-2-3-5-13(12)10-14;/h2-7,10,15H,8-9,11,19H2,1H3,(H,20,22)(H,21,23);1H. The summed E-state index contributed by atoms with van der Waals surface area (Å²) in [5, 5.41) is 7.76. The van der Waals surface area contributed by atoms with Crippen LogP contribution in [0.25, 0.3) is 10.8 Å². The molecule has 128 valence electrons. The fourth-order valence-corrected chi connectivity index (χ4v) is 2.92. The Hall–Kier alpha value is -2.11. The predicted molar refractivity (Wildman–Crippen MR) is 96.9 cm³/mol. The van der Waals surface area contributed by atoms with Crippen molar-refractivity contribution in [1.82, 2.24) is 10.6 Å². The number of nitrogens with one attached hydrogen (secondary N) is 2. The van der Waals surface area contributed by atoms with Crippen LogP contribution < -0.4 is 16.4 Å². The summed E-state index contributed by atoms with van der Waals surface area (Å²) in [7, 11) is 1.55. The minimum atomic E-state index is -0.904. The average Bonchev–Trinajstić information content (AvgIpc) is 3.40. The molecule has 0 radical (unpaired) electrons. The van der Waals surface area contributed by atoms with Gasteiger partial charge in [-0.25, -0.2) is 0 Å². The minimum absolute atomic E-state index is 0. The number of carbonyl (C=O) groups is 2. The normalized spacial score (nSPS) is 15.9. The van der Waals surface area contributed by atoms with E-state index in [9.17, 15) is 9.59 Å². The van der Waals surface area contributed by atoms with Gasteiger partial charge in [-0.1, -0.05) is 36.4 Å². The van der Waals surface area contributed by atoms with Gasteiger partial charge in [0.05, 0.1) is 6.04 Å². The van der Waals surface area contributed by atoms with Gasteiger partial charge in [0.1, 0.15) is 5.41 Å². The predicted octanol–water partition coefficient (Wildman–Crippen LogP) is 1.90. The molecule has 2 aromatic rings. The van der Waals surface area contributed by atoms with Crippen molar-refractivity contribution in [2.45, 2.75) is 18.9 Å². The molecule has 1 aliphatic carbocycles. The molecule has 2 amide bonds. The number of carbonyl (C=O) groups excluding carboxylic acids is 2. The van der Waals surface area contributed by atoms with Crippen molar-refractivity contribution in [2.75, 3.05) is 13.6 Å². The molecule has 0 aliphatic heterocycles. The summed E-state index contributed by atoms with van der Waals surface area (Å²) < 4.78 is 0. The maximum absolute atomic E-state index is 12.5. The number of amides is 2. The zero-order chi connectivity index (χ0) is 16.4. The maximum atomic E-state index is 12.5. The minimum Gasteiger partial charge on any atom is -0.358 e. The number of hydrogen-bond donors (Lipinski definition) is 3. The van der Waals surface area contributed by atoms with Crippen molar-refractivity contribution in [2.24, 2.45) is 11.1 Å². The first kappa shape index (κ1) is 18.2. The van der Waals surface area contributed by atoms with E-state index < -0.39 is 5.41 Å². The van der Waals surface area contributed by atoms with Crippen molar-refractivity contribution in [3.05, 3.63) is 48.0 Å². The number of hydrogen-bond acceptors (Lipinski definition) is 3. The van der Waals surface area contributed by atoms with Gasteiger partial charge in [-0.05, 0) is 35.2 Å². The van der Waals surface area contributed by atoms with E-state index in [1.807, 2.05) is 42.5 Å². The molecule has 1 saturated carbocycles. The zero-order valence-electron chi connectivity index (χ0n) is 13.5. The molecule has 24 heavy (non-hydrogen) atoms. The highest BCUT2D eigenvalue weighted by Crippen LogP contribution is 2.46. The summed E-state index contributed by atoms with van der Waals surface area (Å²) in [6, 6.07) is 13.8. The van der Waals surface area contributed by atoms with E-state index in [2.05, 4.69) is 10.6 Å². The number of nitrogens with two attached hydrogens (primary N) is 1. The van der Waals surface area contributed by atoms with Gasteiger partial charge in [0, 0.05) is 13.6 Å². The van der Waals surface area contributed by atoms with Crippen LogP contribution in [0.2, 0.25) is 0 Å². The third-order valence-corrected chi connectivity index (χ3v) is 4.56. The molecule has 0 heterocycles. The molecular weight excluding hydrogens is 326 g/mol. The maximum Gasteiger partial charge on any atom is 0.236 e. The third kappa shape index (κ3) is 3.23. The Bertz CT molecular complexity index is 759. The molecule has 0 bridgehead atoms. The molecule has 0 aromatic heterocycles. The second kappa shape index (κ2) is 7.20. The third-order valence-electron chi connectivity index (χ3n) is 4.56. The topological polar surface area (TPSA) is 84.2 Å². The lowest BCUT2D eigenvalue weighted by Crippen LogP contribution is -2.44. The molecule has 0 saturated heterocycles. The van der Waals surface area contributed by atoms with Gasteiger partial charge >= 0.3 is 0 Å². The number of halogens is 1. The first-order valence-electron chi connectivity index (χ1n) is 7.82. The Morgan fingerprint density at radius 1 is 1.12 bits per heavy atom. The van der Waals surface area contributed by atoms with Gasteiger partial charge in [0.15, 0.2) is 0 Å². The van der Waals surface area contributed by atoms with Gasteiger partial charge in [0.2, 0.25) is 11.8 Å². The van der Waals surface area contributed by atoms with Crippen LogP contribution in [0.15, 0.2) is 42.5 Å². The van der Waals surface area contributed by atoms with Crippen molar-refractivity contribution < 1.29 is 9.59 Å². The van der Waals surface area contributed by atoms with E-state index in [0.717, 1.165) is 16.3 Å². The van der Waals surface area contributed by atoms with E-state index in [1.165, 1.54) is 0 Å². The lowest BCUT2D eigenvalue weighted by Gasteiger charge is -2.21. The lowest BCUT2D eigenvalue weighted by atomic mass is 9.99. The summed E-state index contributed by atoms with van der Waals surface area (Å²) in [5.41, 5.74) is 5.90. The molecule has 2 aromatic carbocycles. The number of rotatable bonds is 5. The Kier molecular flexibility index (Phi) is 5.47. The molecular formula is C18H22ClN3O2. The molecule has 1 aliphatic rings. The molecule has 5 nitrogen and oxygen atoms in total. The van der Waals surface area contributed by atoms with Gasteiger partial charge in [-0.15, -0.1) is 12.4 Å². The van der Waals surface area contributed by atoms with Crippen LogP contribution in [-0.2, 0) is 9.59 Å². The van der Waals surface area contributed by atoms with Gasteiger partial charge in [-0.2, -0.15) is 0 Å². The molecule has 1 atom stereocenters. The number of fused-ring (bicyclic) bond motifs is 1. The van der Waals surface area contributed by atoms with E-state index in [1.54, 1.807) is 7.05 Å². The van der Waals surface area contributed by atoms with E-state index >= 15 is 0 Å². The van der Waals surface area contributed by atoms with Crippen molar-refractivity contribution >= 4 is 35.0 Å². The van der Waals surface area contributed by atoms with Crippen molar-refractivity contribution in [3.8, 4) is 0 Å². The van der Waals surface area contributed by atoms with Gasteiger partial charge in [0.25, 0.3) is 0 Å². The highest BCUT2D eigenvalue weighted by Gasteiger charge is 2.56. The Labute approximate surface area is 147 Å². The van der Waals surface area contributed by atoms with Gasteiger partial charge in [-0.3, -0.25) is 9.59 Å². The second-order valence-corrected chi connectivity index (χ2v) is 6.03. The van der Waals surface area contributed by atoms with Gasteiger partial charge < -0.3 is 16.4 Å². The van der Waals surface area contributed by atoms with Crippen LogP contribution in [0.1, 0.15) is 24.4 Å². The molecule has 6 heteroatoms. The Balaban J connectivity index is 0.00000208. The Morgan fingerprint density at radius 2 is 1.79 bits per heavy atom. The van der Waals surface area contributed by atoms with E-state index in [0.29, 0.717) is 12.8 Å². The van der Waals surface area contributed by atoms with Crippen LogP contribution in [0, 0.1) is 5.41 Å². The molecule has 4 N–H and O–H groups in total. The van der Waals surface area contributed by atoms with Crippen LogP contribution in [0.4, 0.5) is 0 Å². The fourth-order valence-electron chi connectivity index (χ4n) is 2.92. The number of benzene rings is 2. The SMILES string of the molecule is CNC(=O)C1(C(=O)NC(CN)c2ccc3ccccc3c2)CC1.Cl. The van der Waals surface area contributed by atoms with Crippen LogP contribution in [0.5, 0.6) is 0 Å². The summed E-state index contributed by atoms with van der Waals surface area (Å²) in [6.07, 6.45) is 1.18. The molecule has 1 fully saturated rings. The Morgan fingerprint density at radius 3 is 2.38 bits per heavy atom. The van der Waals surface area contributed by atoms with Crippen LogP contribution in [-0.4, -0.2) is 25.4 Å². The van der Waals surface area contributed by atoms with Crippen molar-refractivity contribution in [3.63, 3.8) is 0 Å².